The number of likely N-dealkylation sites (N-methyl/N-ethyl adjacent to an activating group) is 1. The van der Waals surface area contributed by atoms with Crippen LogP contribution in [-0.2, 0) is 6.42 Å². The van der Waals surface area contributed by atoms with Crippen LogP contribution in [0.25, 0.3) is 0 Å². The lowest BCUT2D eigenvalue weighted by molar-refractivity contribution is 0.274. The summed E-state index contributed by atoms with van der Waals surface area (Å²) in [7, 11) is 2.16. The molecule has 1 aromatic rings. The first-order valence-electron chi connectivity index (χ1n) is 6.18. The van der Waals surface area contributed by atoms with Crippen LogP contribution >= 0.6 is 0 Å². The quantitative estimate of drug-likeness (QED) is 0.820. The van der Waals surface area contributed by atoms with Crippen molar-refractivity contribution in [2.75, 3.05) is 37.3 Å². The van der Waals surface area contributed by atoms with Gasteiger partial charge in [-0.1, -0.05) is 6.92 Å². The van der Waals surface area contributed by atoms with Crippen LogP contribution in [0, 0.1) is 0 Å². The zero-order valence-corrected chi connectivity index (χ0v) is 10.8. The monoisotopic (exact) mass is 235 g/mol. The Hall–Kier alpha value is -1.36. The fraction of sp³-hybridized carbons (Fsp3) is 0.667. The number of aromatic nitrogens is 2. The van der Waals surface area contributed by atoms with Gasteiger partial charge >= 0.3 is 0 Å². The maximum absolute atomic E-state index is 5.92. The molecule has 2 rings (SSSR count). The predicted octanol–water partition coefficient (Wildman–Crippen LogP) is 0.762. The Kier molecular flexibility index (Phi) is 3.47. The summed E-state index contributed by atoms with van der Waals surface area (Å²) in [5.41, 5.74) is 7.00. The minimum absolute atomic E-state index is 0.466. The van der Waals surface area contributed by atoms with Crippen LogP contribution in [0.4, 0.5) is 11.6 Å². The largest absolute Gasteiger partial charge is 0.383 e. The van der Waals surface area contributed by atoms with Gasteiger partial charge in [0.25, 0.3) is 0 Å². The molecule has 1 unspecified atom stereocenters. The molecule has 5 heteroatoms. The first-order valence-corrected chi connectivity index (χ1v) is 6.18. The zero-order chi connectivity index (χ0) is 12.4. The van der Waals surface area contributed by atoms with Crippen molar-refractivity contribution in [3.05, 3.63) is 11.9 Å². The highest BCUT2D eigenvalue weighted by atomic mass is 15.3. The maximum Gasteiger partial charge on any atom is 0.137 e. The molecular formula is C12H21N5. The molecule has 0 aromatic carbocycles. The van der Waals surface area contributed by atoms with Gasteiger partial charge in [0, 0.05) is 31.2 Å². The molecule has 94 valence electrons. The van der Waals surface area contributed by atoms with Crippen molar-refractivity contribution in [2.45, 2.75) is 26.3 Å². The summed E-state index contributed by atoms with van der Waals surface area (Å²) >= 11 is 0. The van der Waals surface area contributed by atoms with E-state index in [2.05, 4.69) is 40.7 Å². The zero-order valence-electron chi connectivity index (χ0n) is 10.8. The Morgan fingerprint density at radius 2 is 2.18 bits per heavy atom. The standard InChI is InChI=1S/C12H21N5/c1-4-10-11(13)14-8-15-12(10)17-6-5-16(3)7-9(17)2/h8-9H,4-7H2,1-3H3,(H2,13,14,15). The molecule has 0 bridgehead atoms. The van der Waals surface area contributed by atoms with E-state index in [9.17, 15) is 0 Å². The van der Waals surface area contributed by atoms with E-state index in [0.717, 1.165) is 37.4 Å². The topological polar surface area (TPSA) is 58.3 Å². The van der Waals surface area contributed by atoms with Gasteiger partial charge in [-0.2, -0.15) is 0 Å². The Morgan fingerprint density at radius 3 is 2.82 bits per heavy atom. The molecule has 0 amide bonds. The molecule has 1 saturated heterocycles. The number of nitrogen functional groups attached to an aromatic ring is 1. The second-order valence-electron chi connectivity index (χ2n) is 4.72. The molecule has 0 saturated carbocycles. The fourth-order valence-electron chi connectivity index (χ4n) is 2.46. The van der Waals surface area contributed by atoms with Crippen molar-refractivity contribution >= 4 is 11.6 Å². The average Bonchev–Trinajstić information content (AvgIpc) is 2.29. The number of rotatable bonds is 2. The SMILES string of the molecule is CCc1c(N)ncnc1N1CCN(C)CC1C. The van der Waals surface area contributed by atoms with Crippen LogP contribution in [0.5, 0.6) is 0 Å². The van der Waals surface area contributed by atoms with Gasteiger partial charge in [-0.25, -0.2) is 9.97 Å². The molecular weight excluding hydrogens is 214 g/mol. The van der Waals surface area contributed by atoms with E-state index in [1.807, 2.05) is 0 Å². The summed E-state index contributed by atoms with van der Waals surface area (Å²) in [6.07, 6.45) is 2.44. The Balaban J connectivity index is 2.30. The second-order valence-corrected chi connectivity index (χ2v) is 4.72. The number of hydrogen-bond acceptors (Lipinski definition) is 5. The van der Waals surface area contributed by atoms with E-state index in [1.54, 1.807) is 6.33 Å². The van der Waals surface area contributed by atoms with Crippen molar-refractivity contribution in [2.24, 2.45) is 0 Å². The van der Waals surface area contributed by atoms with Crippen molar-refractivity contribution in [1.29, 1.82) is 0 Å². The van der Waals surface area contributed by atoms with Crippen molar-refractivity contribution in [3.8, 4) is 0 Å². The van der Waals surface area contributed by atoms with Crippen molar-refractivity contribution in [3.63, 3.8) is 0 Å². The summed E-state index contributed by atoms with van der Waals surface area (Å²) in [5, 5.41) is 0. The molecule has 5 nitrogen and oxygen atoms in total. The van der Waals surface area contributed by atoms with Crippen LogP contribution in [0.15, 0.2) is 6.33 Å². The lowest BCUT2D eigenvalue weighted by Gasteiger charge is -2.39. The predicted molar refractivity (Wildman–Crippen MR) is 70.1 cm³/mol. The third kappa shape index (κ3) is 2.34. The van der Waals surface area contributed by atoms with E-state index in [1.165, 1.54) is 0 Å². The minimum atomic E-state index is 0.466. The third-order valence-electron chi connectivity index (χ3n) is 3.41. The van der Waals surface area contributed by atoms with E-state index >= 15 is 0 Å². The second kappa shape index (κ2) is 4.87. The van der Waals surface area contributed by atoms with Gasteiger partial charge in [0.05, 0.1) is 0 Å². The van der Waals surface area contributed by atoms with Crippen LogP contribution in [0.1, 0.15) is 19.4 Å². The van der Waals surface area contributed by atoms with E-state index in [0.29, 0.717) is 11.9 Å². The number of nitrogens with two attached hydrogens (primary N) is 1. The van der Waals surface area contributed by atoms with Gasteiger partial charge in [0.15, 0.2) is 0 Å². The van der Waals surface area contributed by atoms with Gasteiger partial charge in [-0.05, 0) is 20.4 Å². The lowest BCUT2D eigenvalue weighted by Crippen LogP contribution is -2.51. The number of anilines is 2. The molecule has 1 aromatic heterocycles. The highest BCUT2D eigenvalue weighted by Gasteiger charge is 2.24. The average molecular weight is 235 g/mol. The summed E-state index contributed by atoms with van der Waals surface area (Å²) in [6.45, 7) is 7.46. The van der Waals surface area contributed by atoms with Gasteiger partial charge in [-0.15, -0.1) is 0 Å². The fourth-order valence-corrected chi connectivity index (χ4v) is 2.46. The Bertz CT molecular complexity index is 392. The molecule has 2 heterocycles. The van der Waals surface area contributed by atoms with E-state index in [4.69, 9.17) is 5.73 Å². The van der Waals surface area contributed by atoms with Gasteiger partial charge in [-0.3, -0.25) is 0 Å². The highest BCUT2D eigenvalue weighted by Crippen LogP contribution is 2.25. The molecule has 0 spiro atoms. The summed E-state index contributed by atoms with van der Waals surface area (Å²) < 4.78 is 0. The molecule has 0 radical (unpaired) electrons. The number of piperazine rings is 1. The van der Waals surface area contributed by atoms with Crippen LogP contribution in [0.3, 0.4) is 0 Å². The van der Waals surface area contributed by atoms with Crippen molar-refractivity contribution < 1.29 is 0 Å². The van der Waals surface area contributed by atoms with Crippen molar-refractivity contribution in [1.82, 2.24) is 14.9 Å². The Morgan fingerprint density at radius 1 is 1.41 bits per heavy atom. The van der Waals surface area contributed by atoms with Crippen LogP contribution in [0.2, 0.25) is 0 Å². The van der Waals surface area contributed by atoms with E-state index in [-0.39, 0.29) is 0 Å². The summed E-state index contributed by atoms with van der Waals surface area (Å²) in [4.78, 5) is 13.2. The molecule has 1 atom stereocenters. The first-order chi connectivity index (χ1) is 8.13. The van der Waals surface area contributed by atoms with Gasteiger partial charge in [0.1, 0.15) is 18.0 Å². The molecule has 1 aliphatic rings. The van der Waals surface area contributed by atoms with Crippen LogP contribution < -0.4 is 10.6 Å². The van der Waals surface area contributed by atoms with E-state index < -0.39 is 0 Å². The lowest BCUT2D eigenvalue weighted by atomic mass is 10.1. The molecule has 17 heavy (non-hydrogen) atoms. The highest BCUT2D eigenvalue weighted by molar-refractivity contribution is 5.57. The smallest absolute Gasteiger partial charge is 0.137 e. The summed E-state index contributed by atoms with van der Waals surface area (Å²) in [5.74, 6) is 1.63. The van der Waals surface area contributed by atoms with Gasteiger partial charge in [0.2, 0.25) is 0 Å². The molecule has 1 fully saturated rings. The normalized spacial score (nSPS) is 21.8. The third-order valence-corrected chi connectivity index (χ3v) is 3.41. The molecule has 0 aliphatic carbocycles. The van der Waals surface area contributed by atoms with Gasteiger partial charge < -0.3 is 15.5 Å². The molecule has 1 aliphatic heterocycles. The van der Waals surface area contributed by atoms with Crippen LogP contribution in [-0.4, -0.2) is 47.6 Å². The molecule has 2 N–H and O–H groups in total. The minimum Gasteiger partial charge on any atom is -0.383 e. The number of hydrogen-bond donors (Lipinski definition) is 1. The first kappa shape index (κ1) is 12.1. The Labute approximate surface area is 103 Å². The summed E-state index contributed by atoms with van der Waals surface area (Å²) in [6, 6.07) is 0.466. The maximum atomic E-state index is 5.92. The number of nitrogens with zero attached hydrogens (tertiary/aromatic N) is 4.